The van der Waals surface area contributed by atoms with Gasteiger partial charge in [0.1, 0.15) is 23.0 Å². The number of rotatable bonds is 4. The SMILES string of the molecule is Cc1ccc(S(=O)(=O)O)cc1.NC1CN(c2cc3c(cc2F)c(=O)c(C(=O)O)cn3-c2ccc(F)cc2F)C1. The van der Waals surface area contributed by atoms with Crippen molar-refractivity contribution in [2.45, 2.75) is 17.9 Å². The highest BCUT2D eigenvalue weighted by Gasteiger charge is 2.27. The largest absolute Gasteiger partial charge is 0.477 e. The van der Waals surface area contributed by atoms with Gasteiger partial charge in [0.15, 0.2) is 0 Å². The topological polar surface area (TPSA) is 143 Å². The number of nitrogens with two attached hydrogens (primary N) is 1. The number of fused-ring (bicyclic) bond motifs is 1. The van der Waals surface area contributed by atoms with Gasteiger partial charge >= 0.3 is 5.97 Å². The number of hydrogen-bond donors (Lipinski definition) is 3. The maximum absolute atomic E-state index is 14.6. The summed E-state index contributed by atoms with van der Waals surface area (Å²) in [4.78, 5) is 25.6. The molecule has 0 radical (unpaired) electrons. The fraction of sp³-hybridized carbons (Fsp3) is 0.154. The van der Waals surface area contributed by atoms with Crippen molar-refractivity contribution in [3.8, 4) is 5.69 Å². The third-order valence-corrected chi connectivity index (χ3v) is 6.91. The lowest BCUT2D eigenvalue weighted by Gasteiger charge is -2.39. The second-order valence-electron chi connectivity index (χ2n) is 8.92. The van der Waals surface area contributed by atoms with E-state index in [2.05, 4.69) is 0 Å². The maximum Gasteiger partial charge on any atom is 0.341 e. The van der Waals surface area contributed by atoms with E-state index in [9.17, 15) is 36.3 Å². The number of carboxylic acids is 1. The van der Waals surface area contributed by atoms with Crippen LogP contribution in [0.3, 0.4) is 0 Å². The van der Waals surface area contributed by atoms with Gasteiger partial charge in [-0.1, -0.05) is 17.7 Å². The molecule has 5 rings (SSSR count). The molecule has 13 heteroatoms. The van der Waals surface area contributed by atoms with Gasteiger partial charge in [-0.2, -0.15) is 8.42 Å². The number of carbonyl (C=O) groups is 1. The van der Waals surface area contributed by atoms with Gasteiger partial charge in [0, 0.05) is 36.8 Å². The Labute approximate surface area is 220 Å². The van der Waals surface area contributed by atoms with Crippen LogP contribution in [0.4, 0.5) is 18.9 Å². The summed E-state index contributed by atoms with van der Waals surface area (Å²) in [6.45, 7) is 2.66. The Kier molecular flexibility index (Phi) is 7.50. The Morgan fingerprint density at radius 2 is 1.59 bits per heavy atom. The molecular formula is C26H22F3N3O6S. The van der Waals surface area contributed by atoms with Gasteiger partial charge in [0.05, 0.1) is 21.8 Å². The molecule has 1 fully saturated rings. The van der Waals surface area contributed by atoms with Crippen LogP contribution in [-0.2, 0) is 10.1 Å². The van der Waals surface area contributed by atoms with E-state index >= 15 is 0 Å². The smallest absolute Gasteiger partial charge is 0.341 e. The van der Waals surface area contributed by atoms with E-state index in [0.717, 1.165) is 34.5 Å². The molecular weight excluding hydrogens is 539 g/mol. The molecule has 9 nitrogen and oxygen atoms in total. The predicted octanol–water partition coefficient (Wildman–Crippen LogP) is 3.50. The second kappa shape index (κ2) is 10.5. The first kappa shape index (κ1) is 27.8. The summed E-state index contributed by atoms with van der Waals surface area (Å²) in [5.74, 6) is -4.03. The lowest BCUT2D eigenvalue weighted by molar-refractivity contribution is 0.0695. The molecule has 3 aromatic carbocycles. The predicted molar refractivity (Wildman–Crippen MR) is 138 cm³/mol. The van der Waals surface area contributed by atoms with E-state index in [1.54, 1.807) is 17.0 Å². The summed E-state index contributed by atoms with van der Waals surface area (Å²) in [6.07, 6.45) is 0.951. The maximum atomic E-state index is 14.6. The van der Waals surface area contributed by atoms with Crippen molar-refractivity contribution in [3.63, 3.8) is 0 Å². The minimum atomic E-state index is -4.02. The van der Waals surface area contributed by atoms with Crippen LogP contribution in [-0.4, -0.2) is 47.7 Å². The zero-order chi connectivity index (χ0) is 28.6. The average Bonchev–Trinajstić information content (AvgIpc) is 2.83. The minimum absolute atomic E-state index is 0.0666. The van der Waals surface area contributed by atoms with Crippen LogP contribution in [0.5, 0.6) is 0 Å². The molecule has 204 valence electrons. The molecule has 0 spiro atoms. The first-order chi connectivity index (χ1) is 18.3. The van der Waals surface area contributed by atoms with E-state index < -0.39 is 44.5 Å². The molecule has 0 unspecified atom stereocenters. The van der Waals surface area contributed by atoms with Crippen LogP contribution in [0.1, 0.15) is 15.9 Å². The van der Waals surface area contributed by atoms with E-state index in [4.69, 9.17) is 10.3 Å². The number of hydrogen-bond acceptors (Lipinski definition) is 6. The highest BCUT2D eigenvalue weighted by Crippen LogP contribution is 2.30. The average molecular weight is 562 g/mol. The van der Waals surface area contributed by atoms with Crippen molar-refractivity contribution < 1.29 is 36.0 Å². The lowest BCUT2D eigenvalue weighted by atomic mass is 10.1. The second-order valence-corrected chi connectivity index (χ2v) is 10.3. The number of carboxylic acid groups (broad SMARTS) is 1. The summed E-state index contributed by atoms with van der Waals surface area (Å²) in [5, 5.41) is 9.09. The summed E-state index contributed by atoms with van der Waals surface area (Å²) in [7, 11) is -4.02. The molecule has 2 heterocycles. The first-order valence-electron chi connectivity index (χ1n) is 11.4. The standard InChI is InChI=1S/C19H14F3N3O3.C7H8O3S/c20-9-1-2-15(13(21)3-9)25-8-12(19(27)28)18(26)11-4-14(22)17(5-16(11)25)24-6-10(23)7-24;1-6-2-4-7(5-3-6)11(8,9)10/h1-5,8,10H,6-7,23H2,(H,27,28);2-5H,1H3,(H,8,9,10). The van der Waals surface area contributed by atoms with Crippen LogP contribution in [0, 0.1) is 24.4 Å². The van der Waals surface area contributed by atoms with Gasteiger partial charge < -0.3 is 20.3 Å². The van der Waals surface area contributed by atoms with Gasteiger partial charge in [-0.25, -0.2) is 18.0 Å². The van der Waals surface area contributed by atoms with Crippen LogP contribution in [0.2, 0.25) is 0 Å². The van der Waals surface area contributed by atoms with Crippen LogP contribution < -0.4 is 16.1 Å². The molecule has 39 heavy (non-hydrogen) atoms. The Balaban J connectivity index is 0.000000270. The van der Waals surface area contributed by atoms with E-state index in [1.165, 1.54) is 18.2 Å². The van der Waals surface area contributed by atoms with Crippen molar-refractivity contribution in [2.75, 3.05) is 18.0 Å². The van der Waals surface area contributed by atoms with Crippen molar-refractivity contribution >= 4 is 32.7 Å². The summed E-state index contributed by atoms with van der Waals surface area (Å²) < 4.78 is 72.9. The Hall–Kier alpha value is -4.20. The van der Waals surface area contributed by atoms with Gasteiger partial charge in [0.2, 0.25) is 5.43 Å². The highest BCUT2D eigenvalue weighted by atomic mass is 32.2. The number of benzene rings is 3. The van der Waals surface area contributed by atoms with Crippen LogP contribution in [0.15, 0.2) is 70.5 Å². The summed E-state index contributed by atoms with van der Waals surface area (Å²) in [6, 6.07) is 10.9. The Bertz CT molecular complexity index is 1750. The van der Waals surface area contributed by atoms with Gasteiger partial charge in [-0.3, -0.25) is 9.35 Å². The molecule has 1 aromatic heterocycles. The number of halogens is 3. The summed E-state index contributed by atoms with van der Waals surface area (Å²) in [5.41, 5.74) is 5.21. The summed E-state index contributed by atoms with van der Waals surface area (Å²) >= 11 is 0. The van der Waals surface area contributed by atoms with Crippen LogP contribution >= 0.6 is 0 Å². The van der Waals surface area contributed by atoms with E-state index in [-0.39, 0.29) is 33.2 Å². The monoisotopic (exact) mass is 561 g/mol. The van der Waals surface area contributed by atoms with E-state index in [0.29, 0.717) is 19.2 Å². The number of aryl methyl sites for hydroxylation is 1. The molecule has 4 N–H and O–H groups in total. The van der Waals surface area contributed by atoms with Gasteiger partial charge in [-0.15, -0.1) is 0 Å². The zero-order valence-electron chi connectivity index (χ0n) is 20.3. The number of nitrogens with zero attached hydrogens (tertiary/aromatic N) is 2. The Morgan fingerprint density at radius 1 is 0.974 bits per heavy atom. The third-order valence-electron chi connectivity index (χ3n) is 6.04. The molecule has 0 amide bonds. The zero-order valence-corrected chi connectivity index (χ0v) is 21.1. The molecule has 0 bridgehead atoms. The van der Waals surface area contributed by atoms with Crippen molar-refractivity contribution in [1.82, 2.24) is 4.57 Å². The number of aromatic carboxylic acids is 1. The number of anilines is 1. The molecule has 0 atom stereocenters. The molecule has 1 saturated heterocycles. The first-order valence-corrected chi connectivity index (χ1v) is 12.8. The molecule has 0 aliphatic carbocycles. The third kappa shape index (κ3) is 5.79. The van der Waals surface area contributed by atoms with E-state index in [1.807, 2.05) is 6.92 Å². The lowest BCUT2D eigenvalue weighted by Crippen LogP contribution is -2.56. The normalized spacial score (nSPS) is 13.5. The van der Waals surface area contributed by atoms with Crippen molar-refractivity contribution in [2.24, 2.45) is 5.73 Å². The number of pyridine rings is 1. The molecule has 1 aliphatic heterocycles. The molecule has 1 aliphatic rings. The fourth-order valence-corrected chi connectivity index (χ4v) is 4.50. The highest BCUT2D eigenvalue weighted by molar-refractivity contribution is 7.85. The molecule has 0 saturated carbocycles. The Morgan fingerprint density at radius 3 is 2.13 bits per heavy atom. The van der Waals surface area contributed by atoms with Gasteiger partial charge in [-0.05, 0) is 43.3 Å². The molecule has 4 aromatic rings. The van der Waals surface area contributed by atoms with Crippen molar-refractivity contribution in [3.05, 3.63) is 99.6 Å². The number of aromatic nitrogens is 1. The quantitative estimate of drug-likeness (QED) is 0.322. The van der Waals surface area contributed by atoms with Gasteiger partial charge in [0.25, 0.3) is 10.1 Å². The van der Waals surface area contributed by atoms with Crippen LogP contribution in [0.25, 0.3) is 16.6 Å². The van der Waals surface area contributed by atoms with Crippen molar-refractivity contribution in [1.29, 1.82) is 0 Å². The fourth-order valence-electron chi connectivity index (χ4n) is 4.02. The minimum Gasteiger partial charge on any atom is -0.477 e.